The minimum absolute atomic E-state index is 0.322. The van der Waals surface area contributed by atoms with Gasteiger partial charge in [-0.05, 0) is 29.6 Å². The molecule has 84 valence electrons. The van der Waals surface area contributed by atoms with Gasteiger partial charge in [-0.2, -0.15) is 4.98 Å². The monoisotopic (exact) mass is 263 g/mol. The molecular formula is C12H6ClNO2S. The molecule has 0 bridgehead atoms. The summed E-state index contributed by atoms with van der Waals surface area (Å²) in [6, 6.07) is 8.67. The van der Waals surface area contributed by atoms with E-state index in [1.165, 1.54) is 11.3 Å². The Labute approximate surface area is 105 Å². The molecule has 0 amide bonds. The van der Waals surface area contributed by atoms with Gasteiger partial charge in [0.15, 0.2) is 0 Å². The van der Waals surface area contributed by atoms with Crippen LogP contribution >= 0.6 is 22.9 Å². The Hall–Kier alpha value is -1.65. The molecular weight excluding hydrogens is 258 g/mol. The van der Waals surface area contributed by atoms with E-state index >= 15 is 0 Å². The third kappa shape index (κ3) is 1.85. The summed E-state index contributed by atoms with van der Waals surface area (Å²) in [7, 11) is 0. The first-order valence-corrected chi connectivity index (χ1v) is 6.14. The lowest BCUT2D eigenvalue weighted by molar-refractivity contribution is 0.597. The Balaban J connectivity index is 2.32. The molecule has 0 aliphatic heterocycles. The molecule has 5 heteroatoms. The van der Waals surface area contributed by atoms with Gasteiger partial charge in [-0.15, -0.1) is 11.3 Å². The average Bonchev–Trinajstić information content (AvgIpc) is 2.83. The molecule has 3 rings (SSSR count). The van der Waals surface area contributed by atoms with Crippen LogP contribution in [0.3, 0.4) is 0 Å². The largest absolute Gasteiger partial charge is 0.437 e. The number of aromatic nitrogens is 1. The molecule has 2 aromatic heterocycles. The number of benzene rings is 1. The van der Waals surface area contributed by atoms with Gasteiger partial charge >= 0.3 is 0 Å². The van der Waals surface area contributed by atoms with Crippen LogP contribution in [0.2, 0.25) is 5.02 Å². The molecule has 0 unspecified atom stereocenters. The molecule has 0 aliphatic rings. The molecule has 0 N–H and O–H groups in total. The van der Waals surface area contributed by atoms with E-state index in [2.05, 4.69) is 4.98 Å². The Morgan fingerprint density at radius 1 is 1.29 bits per heavy atom. The first-order valence-electron chi connectivity index (χ1n) is 4.88. The zero-order valence-corrected chi connectivity index (χ0v) is 10.1. The van der Waals surface area contributed by atoms with E-state index < -0.39 is 0 Å². The average molecular weight is 264 g/mol. The Bertz CT molecular complexity index is 734. The van der Waals surface area contributed by atoms with Crippen molar-refractivity contribution in [3.63, 3.8) is 0 Å². The highest BCUT2D eigenvalue weighted by Gasteiger charge is 2.09. The van der Waals surface area contributed by atoms with Crippen molar-refractivity contribution in [3.05, 3.63) is 51.1 Å². The molecule has 2 heterocycles. The molecule has 3 nitrogen and oxygen atoms in total. The highest BCUT2D eigenvalue weighted by molar-refractivity contribution is 7.13. The summed E-state index contributed by atoms with van der Waals surface area (Å²) in [5.41, 5.74) is 0.176. The third-order valence-corrected chi connectivity index (χ3v) is 3.41. The van der Waals surface area contributed by atoms with Gasteiger partial charge < -0.3 is 4.42 Å². The smallest absolute Gasteiger partial charge is 0.284 e. The predicted octanol–water partition coefficient (Wildman–Crippen LogP) is 3.57. The van der Waals surface area contributed by atoms with Gasteiger partial charge in [-0.1, -0.05) is 17.7 Å². The van der Waals surface area contributed by atoms with Crippen LogP contribution in [0.1, 0.15) is 0 Å². The fraction of sp³-hybridized carbons (Fsp3) is 0. The lowest BCUT2D eigenvalue weighted by Crippen LogP contribution is -2.06. The van der Waals surface area contributed by atoms with Gasteiger partial charge in [0.1, 0.15) is 5.58 Å². The van der Waals surface area contributed by atoms with Crippen molar-refractivity contribution >= 4 is 33.9 Å². The molecule has 17 heavy (non-hydrogen) atoms. The van der Waals surface area contributed by atoms with Crippen LogP contribution in [0.5, 0.6) is 0 Å². The fourth-order valence-electron chi connectivity index (χ4n) is 1.54. The van der Waals surface area contributed by atoms with E-state index in [0.29, 0.717) is 21.9 Å². The second-order valence-corrected chi connectivity index (χ2v) is 4.83. The van der Waals surface area contributed by atoms with Crippen molar-refractivity contribution in [1.82, 2.24) is 4.98 Å². The minimum atomic E-state index is -0.322. The number of rotatable bonds is 1. The summed E-state index contributed by atoms with van der Waals surface area (Å²) in [4.78, 5) is 16.6. The predicted molar refractivity (Wildman–Crippen MR) is 68.6 cm³/mol. The molecule has 0 fully saturated rings. The standard InChI is InChI=1S/C12H6ClNO2S/c13-7-3-4-9-8(6-7)11(15)14-12(16-9)10-2-1-5-17-10/h1-6H. The maximum Gasteiger partial charge on any atom is 0.284 e. The number of thiophene rings is 1. The summed E-state index contributed by atoms with van der Waals surface area (Å²) in [5.74, 6) is 0.347. The van der Waals surface area contributed by atoms with Crippen molar-refractivity contribution < 1.29 is 4.42 Å². The molecule has 3 aromatic rings. The zero-order chi connectivity index (χ0) is 11.8. The highest BCUT2D eigenvalue weighted by atomic mass is 35.5. The van der Waals surface area contributed by atoms with Crippen molar-refractivity contribution in [2.45, 2.75) is 0 Å². The minimum Gasteiger partial charge on any atom is -0.437 e. The topological polar surface area (TPSA) is 43.1 Å². The summed E-state index contributed by atoms with van der Waals surface area (Å²) < 4.78 is 5.58. The van der Waals surface area contributed by atoms with Gasteiger partial charge in [0.25, 0.3) is 5.56 Å². The van der Waals surface area contributed by atoms with Gasteiger partial charge in [-0.25, -0.2) is 0 Å². The van der Waals surface area contributed by atoms with Crippen molar-refractivity contribution in [2.24, 2.45) is 0 Å². The van der Waals surface area contributed by atoms with Crippen LogP contribution in [0.15, 0.2) is 44.9 Å². The van der Waals surface area contributed by atoms with Crippen molar-refractivity contribution in [3.8, 4) is 10.8 Å². The van der Waals surface area contributed by atoms with Crippen molar-refractivity contribution in [2.75, 3.05) is 0 Å². The van der Waals surface area contributed by atoms with Crippen LogP contribution in [-0.4, -0.2) is 4.98 Å². The lowest BCUT2D eigenvalue weighted by Gasteiger charge is -1.99. The molecule has 0 spiro atoms. The van der Waals surface area contributed by atoms with Gasteiger partial charge in [0, 0.05) is 5.02 Å². The van der Waals surface area contributed by atoms with Crippen LogP contribution in [0.4, 0.5) is 0 Å². The molecule has 0 aliphatic carbocycles. The number of fused-ring (bicyclic) bond motifs is 1. The number of halogens is 1. The van der Waals surface area contributed by atoms with E-state index in [0.717, 1.165) is 4.88 Å². The number of hydrogen-bond donors (Lipinski definition) is 0. The quantitative estimate of drug-likeness (QED) is 0.674. The maximum atomic E-state index is 11.8. The second kappa shape index (κ2) is 3.98. The first kappa shape index (κ1) is 10.5. The molecule has 0 saturated carbocycles. The third-order valence-electron chi connectivity index (χ3n) is 2.31. The van der Waals surface area contributed by atoms with E-state index in [1.54, 1.807) is 18.2 Å². The summed E-state index contributed by atoms with van der Waals surface area (Å²) in [6.07, 6.45) is 0. The van der Waals surface area contributed by atoms with E-state index in [-0.39, 0.29) is 5.56 Å². The summed E-state index contributed by atoms with van der Waals surface area (Å²) in [6.45, 7) is 0. The lowest BCUT2D eigenvalue weighted by atomic mass is 10.2. The van der Waals surface area contributed by atoms with Gasteiger partial charge in [-0.3, -0.25) is 4.79 Å². The summed E-state index contributed by atoms with van der Waals surface area (Å²) in [5, 5.41) is 2.80. The highest BCUT2D eigenvalue weighted by Crippen LogP contribution is 2.25. The van der Waals surface area contributed by atoms with Crippen LogP contribution in [-0.2, 0) is 0 Å². The van der Waals surface area contributed by atoms with Crippen LogP contribution in [0, 0.1) is 0 Å². The SMILES string of the molecule is O=c1nc(-c2cccs2)oc2ccc(Cl)cc12. The Kier molecular flexibility index (Phi) is 2.46. The van der Waals surface area contributed by atoms with E-state index in [9.17, 15) is 4.79 Å². The fourth-order valence-corrected chi connectivity index (χ4v) is 2.36. The first-order chi connectivity index (χ1) is 8.24. The van der Waals surface area contributed by atoms with E-state index in [4.69, 9.17) is 16.0 Å². The Morgan fingerprint density at radius 3 is 2.94 bits per heavy atom. The normalized spacial score (nSPS) is 10.9. The summed E-state index contributed by atoms with van der Waals surface area (Å²) >= 11 is 7.30. The van der Waals surface area contributed by atoms with Gasteiger partial charge in [0.2, 0.25) is 5.89 Å². The van der Waals surface area contributed by atoms with Crippen molar-refractivity contribution in [1.29, 1.82) is 0 Å². The van der Waals surface area contributed by atoms with Crippen LogP contribution in [0.25, 0.3) is 21.7 Å². The maximum absolute atomic E-state index is 11.8. The van der Waals surface area contributed by atoms with Gasteiger partial charge in [0.05, 0.1) is 10.3 Å². The molecule has 1 aromatic carbocycles. The molecule has 0 saturated heterocycles. The number of nitrogens with zero attached hydrogens (tertiary/aromatic N) is 1. The second-order valence-electron chi connectivity index (χ2n) is 3.44. The molecule has 0 atom stereocenters. The zero-order valence-electron chi connectivity index (χ0n) is 8.51. The molecule has 0 radical (unpaired) electrons. The number of hydrogen-bond acceptors (Lipinski definition) is 4. The van der Waals surface area contributed by atoms with Crippen LogP contribution < -0.4 is 5.56 Å². The Morgan fingerprint density at radius 2 is 2.18 bits per heavy atom. The van der Waals surface area contributed by atoms with E-state index in [1.807, 2.05) is 17.5 Å².